The SMILES string of the molecule is CCOc1cc(C(=O)Oc2cccc([N+](=O)[O-])c2)cc(OCC)c1OCC. The molecule has 0 saturated carbocycles. The van der Waals surface area contributed by atoms with Crippen LogP contribution in [0.15, 0.2) is 36.4 Å². The van der Waals surface area contributed by atoms with Crippen molar-refractivity contribution in [2.24, 2.45) is 0 Å². The monoisotopic (exact) mass is 375 g/mol. The van der Waals surface area contributed by atoms with Crippen molar-refractivity contribution in [1.82, 2.24) is 0 Å². The van der Waals surface area contributed by atoms with Crippen molar-refractivity contribution in [3.63, 3.8) is 0 Å². The van der Waals surface area contributed by atoms with Gasteiger partial charge < -0.3 is 18.9 Å². The first-order valence-corrected chi connectivity index (χ1v) is 8.53. The van der Waals surface area contributed by atoms with Gasteiger partial charge in [-0.15, -0.1) is 0 Å². The number of nitrogens with zero attached hydrogens (tertiary/aromatic N) is 1. The number of hydrogen-bond acceptors (Lipinski definition) is 7. The van der Waals surface area contributed by atoms with Gasteiger partial charge in [-0.1, -0.05) is 6.07 Å². The molecule has 8 nitrogen and oxygen atoms in total. The molecule has 0 aliphatic carbocycles. The molecule has 0 aliphatic heterocycles. The Labute approximate surface area is 156 Å². The van der Waals surface area contributed by atoms with Crippen LogP contribution in [0.5, 0.6) is 23.0 Å². The second-order valence-corrected chi connectivity index (χ2v) is 5.24. The maximum atomic E-state index is 12.5. The Balaban J connectivity index is 2.36. The minimum absolute atomic E-state index is 0.0685. The zero-order valence-corrected chi connectivity index (χ0v) is 15.4. The lowest BCUT2D eigenvalue weighted by molar-refractivity contribution is -0.384. The molecule has 0 amide bonds. The highest BCUT2D eigenvalue weighted by molar-refractivity contribution is 5.92. The van der Waals surface area contributed by atoms with Gasteiger partial charge in [-0.2, -0.15) is 0 Å². The van der Waals surface area contributed by atoms with Gasteiger partial charge in [0.25, 0.3) is 5.69 Å². The van der Waals surface area contributed by atoms with Crippen LogP contribution in [0.2, 0.25) is 0 Å². The van der Waals surface area contributed by atoms with Gasteiger partial charge in [0.15, 0.2) is 11.5 Å². The fourth-order valence-corrected chi connectivity index (χ4v) is 2.33. The number of nitro benzene ring substituents is 1. The van der Waals surface area contributed by atoms with Crippen LogP contribution in [0.3, 0.4) is 0 Å². The smallest absolute Gasteiger partial charge is 0.343 e. The van der Waals surface area contributed by atoms with E-state index in [1.54, 1.807) is 0 Å². The van der Waals surface area contributed by atoms with Crippen LogP contribution in [-0.4, -0.2) is 30.7 Å². The number of ether oxygens (including phenoxy) is 4. The number of non-ortho nitro benzene ring substituents is 1. The van der Waals surface area contributed by atoms with Crippen molar-refractivity contribution < 1.29 is 28.7 Å². The number of hydrogen-bond donors (Lipinski definition) is 0. The molecule has 8 heteroatoms. The third-order valence-electron chi connectivity index (χ3n) is 3.38. The van der Waals surface area contributed by atoms with Gasteiger partial charge in [-0.25, -0.2) is 4.79 Å². The molecule has 0 spiro atoms. The summed E-state index contributed by atoms with van der Waals surface area (Å²) < 4.78 is 22.0. The molecule has 27 heavy (non-hydrogen) atoms. The third-order valence-corrected chi connectivity index (χ3v) is 3.38. The third kappa shape index (κ3) is 5.10. The highest BCUT2D eigenvalue weighted by Crippen LogP contribution is 2.39. The highest BCUT2D eigenvalue weighted by Gasteiger charge is 2.20. The fraction of sp³-hybridized carbons (Fsp3) is 0.316. The summed E-state index contributed by atoms with van der Waals surface area (Å²) in [6.45, 7) is 6.59. The largest absolute Gasteiger partial charge is 0.490 e. The van der Waals surface area contributed by atoms with Crippen LogP contribution in [-0.2, 0) is 0 Å². The van der Waals surface area contributed by atoms with Crippen molar-refractivity contribution in [2.75, 3.05) is 19.8 Å². The Morgan fingerprint density at radius 2 is 1.56 bits per heavy atom. The normalized spacial score (nSPS) is 10.2. The standard InChI is InChI=1S/C19H21NO7/c1-4-24-16-10-13(11-17(25-5-2)18(16)26-6-3)19(21)27-15-9-7-8-14(12-15)20(22)23/h7-12H,4-6H2,1-3H3. The van der Waals surface area contributed by atoms with E-state index in [1.807, 2.05) is 20.8 Å². The molecule has 2 rings (SSSR count). The van der Waals surface area contributed by atoms with Crippen molar-refractivity contribution in [2.45, 2.75) is 20.8 Å². The summed E-state index contributed by atoms with van der Waals surface area (Å²) in [4.78, 5) is 22.8. The zero-order valence-electron chi connectivity index (χ0n) is 15.4. The van der Waals surface area contributed by atoms with Crippen molar-refractivity contribution >= 4 is 11.7 Å². The van der Waals surface area contributed by atoms with Gasteiger partial charge in [-0.3, -0.25) is 10.1 Å². The van der Waals surface area contributed by atoms with Crippen LogP contribution < -0.4 is 18.9 Å². The maximum Gasteiger partial charge on any atom is 0.343 e. The van der Waals surface area contributed by atoms with E-state index in [-0.39, 0.29) is 17.0 Å². The Bertz CT molecular complexity index is 792. The molecule has 0 fully saturated rings. The molecule has 0 atom stereocenters. The number of carbonyl (C=O) groups is 1. The first-order valence-electron chi connectivity index (χ1n) is 8.53. The molecule has 0 heterocycles. The molecule has 0 unspecified atom stereocenters. The molecule has 144 valence electrons. The molecule has 0 bridgehead atoms. The van der Waals surface area contributed by atoms with Crippen molar-refractivity contribution in [3.8, 4) is 23.0 Å². The Kier molecular flexibility index (Phi) is 6.99. The van der Waals surface area contributed by atoms with E-state index >= 15 is 0 Å². The first-order chi connectivity index (χ1) is 13.0. The molecule has 0 radical (unpaired) electrons. The molecule has 0 aliphatic rings. The van der Waals surface area contributed by atoms with Crippen molar-refractivity contribution in [3.05, 3.63) is 52.1 Å². The number of esters is 1. The van der Waals surface area contributed by atoms with Crippen LogP contribution in [0.4, 0.5) is 5.69 Å². The summed E-state index contributed by atoms with van der Waals surface area (Å²) >= 11 is 0. The molecular weight excluding hydrogens is 354 g/mol. The van der Waals surface area contributed by atoms with E-state index in [1.165, 1.54) is 36.4 Å². The first kappa shape index (κ1) is 20.0. The minimum atomic E-state index is -0.694. The second-order valence-electron chi connectivity index (χ2n) is 5.24. The van der Waals surface area contributed by atoms with Gasteiger partial charge in [0.1, 0.15) is 5.75 Å². The molecule has 2 aromatic rings. The average Bonchev–Trinajstić information content (AvgIpc) is 2.64. The Morgan fingerprint density at radius 1 is 0.963 bits per heavy atom. The topological polar surface area (TPSA) is 97.1 Å². The van der Waals surface area contributed by atoms with Crippen LogP contribution in [0.1, 0.15) is 31.1 Å². The van der Waals surface area contributed by atoms with Gasteiger partial charge in [0, 0.05) is 6.07 Å². The summed E-state index contributed by atoms with van der Waals surface area (Å²) in [6.07, 6.45) is 0. The predicted molar refractivity (Wildman–Crippen MR) is 98.0 cm³/mol. The zero-order chi connectivity index (χ0) is 19.8. The quantitative estimate of drug-likeness (QED) is 0.283. The van der Waals surface area contributed by atoms with Gasteiger partial charge >= 0.3 is 5.97 Å². The summed E-state index contributed by atoms with van der Waals surface area (Å²) in [6, 6.07) is 8.39. The van der Waals surface area contributed by atoms with Crippen molar-refractivity contribution in [1.29, 1.82) is 0 Å². The average molecular weight is 375 g/mol. The Hall–Kier alpha value is -3.29. The van der Waals surface area contributed by atoms with Gasteiger partial charge in [-0.05, 0) is 39.0 Å². The molecule has 0 N–H and O–H groups in total. The van der Waals surface area contributed by atoms with E-state index in [4.69, 9.17) is 18.9 Å². The highest BCUT2D eigenvalue weighted by atomic mass is 16.6. The van der Waals surface area contributed by atoms with Crippen LogP contribution >= 0.6 is 0 Å². The number of nitro groups is 1. The van der Waals surface area contributed by atoms with E-state index in [2.05, 4.69) is 0 Å². The summed E-state index contributed by atoms with van der Waals surface area (Å²) in [5.41, 5.74) is 0.00821. The lowest BCUT2D eigenvalue weighted by Crippen LogP contribution is -2.11. The molecule has 0 saturated heterocycles. The lowest BCUT2D eigenvalue weighted by Gasteiger charge is -2.16. The summed E-state index contributed by atoms with van der Waals surface area (Å²) in [7, 11) is 0. The van der Waals surface area contributed by atoms with Crippen LogP contribution in [0.25, 0.3) is 0 Å². The van der Waals surface area contributed by atoms with E-state index in [0.29, 0.717) is 37.1 Å². The van der Waals surface area contributed by atoms with E-state index in [0.717, 1.165) is 0 Å². The molecular formula is C19H21NO7. The predicted octanol–water partition coefficient (Wildman–Crippen LogP) is 4.01. The number of carbonyl (C=O) groups excluding carboxylic acids is 1. The van der Waals surface area contributed by atoms with E-state index in [9.17, 15) is 14.9 Å². The Morgan fingerprint density at radius 3 is 2.07 bits per heavy atom. The maximum absolute atomic E-state index is 12.5. The van der Waals surface area contributed by atoms with E-state index < -0.39 is 10.9 Å². The molecule has 2 aromatic carbocycles. The second kappa shape index (κ2) is 9.42. The summed E-state index contributed by atoms with van der Waals surface area (Å²) in [5.74, 6) is 0.500. The molecule has 0 aromatic heterocycles. The van der Waals surface area contributed by atoms with Crippen LogP contribution in [0, 0.1) is 10.1 Å². The number of benzene rings is 2. The van der Waals surface area contributed by atoms with Gasteiger partial charge in [0.2, 0.25) is 5.75 Å². The fourth-order valence-electron chi connectivity index (χ4n) is 2.33. The summed E-state index contributed by atoms with van der Waals surface area (Å²) in [5, 5.41) is 10.9. The lowest BCUT2D eigenvalue weighted by atomic mass is 10.1. The van der Waals surface area contributed by atoms with Gasteiger partial charge in [0.05, 0.1) is 36.4 Å². The minimum Gasteiger partial charge on any atom is -0.490 e. The number of rotatable bonds is 9.